The van der Waals surface area contributed by atoms with Crippen LogP contribution in [0.1, 0.15) is 23.5 Å². The topological polar surface area (TPSA) is 0 Å². The molecule has 1 aliphatic rings. The van der Waals surface area contributed by atoms with Crippen LogP contribution in [0.4, 0.5) is 0 Å². The van der Waals surface area contributed by atoms with Gasteiger partial charge in [-0.05, 0) is 23.6 Å². The third-order valence-corrected chi connectivity index (χ3v) is 2.84. The highest BCUT2D eigenvalue weighted by molar-refractivity contribution is 9.09. The number of halogens is 1. The van der Waals surface area contributed by atoms with Crippen LogP contribution in [0.5, 0.6) is 0 Å². The van der Waals surface area contributed by atoms with Crippen molar-refractivity contribution in [1.29, 1.82) is 0 Å². The Morgan fingerprint density at radius 3 is 3.21 bits per heavy atom. The quantitative estimate of drug-likeness (QED) is 0.561. The maximum Gasteiger partial charge on any atom is 0.0212 e. The van der Waals surface area contributed by atoms with Crippen LogP contribution in [-0.4, -0.2) is 5.33 Å². The largest absolute Gasteiger partial charge is 0.0883 e. The molecule has 0 N–H and O–H groups in total. The first-order valence-electron chi connectivity index (χ1n) is 4.81. The Labute approximate surface area is 93.5 Å². The number of hydrogen-bond donors (Lipinski definition) is 0. The van der Waals surface area contributed by atoms with Gasteiger partial charge in [0.25, 0.3) is 0 Å². The normalized spacial score (nSPS) is 19.1. The molecule has 0 aliphatic heterocycles. The molecule has 0 saturated carbocycles. The van der Waals surface area contributed by atoms with E-state index in [0.717, 1.165) is 11.8 Å². The number of fused-ring (bicyclic) bond motifs is 1. The van der Waals surface area contributed by atoms with Crippen LogP contribution in [0.15, 0.2) is 36.4 Å². The standard InChI is InChI=1S/C13H12Br/c14-10-4-3-6-12-9-8-11-5-1-2-7-13(11)12/h1-4,7-9,12H,6,10H2/b4-3+. The van der Waals surface area contributed by atoms with Gasteiger partial charge in [0.1, 0.15) is 0 Å². The molecule has 0 spiro atoms. The second-order valence-electron chi connectivity index (χ2n) is 3.37. The summed E-state index contributed by atoms with van der Waals surface area (Å²) in [5, 5.41) is 0.942. The summed E-state index contributed by atoms with van der Waals surface area (Å²) in [5.41, 5.74) is 2.66. The van der Waals surface area contributed by atoms with Gasteiger partial charge >= 0.3 is 0 Å². The van der Waals surface area contributed by atoms with E-state index in [0.29, 0.717) is 5.92 Å². The summed E-state index contributed by atoms with van der Waals surface area (Å²) in [6.07, 6.45) is 9.90. The first kappa shape index (κ1) is 9.72. The van der Waals surface area contributed by atoms with Crippen molar-refractivity contribution in [3.8, 4) is 0 Å². The van der Waals surface area contributed by atoms with E-state index < -0.39 is 0 Å². The van der Waals surface area contributed by atoms with E-state index in [9.17, 15) is 0 Å². The van der Waals surface area contributed by atoms with Crippen LogP contribution < -0.4 is 0 Å². The second-order valence-corrected chi connectivity index (χ2v) is 4.01. The Hall–Kier alpha value is -0.820. The van der Waals surface area contributed by atoms with Gasteiger partial charge in [-0.25, -0.2) is 0 Å². The van der Waals surface area contributed by atoms with Gasteiger partial charge in [0.05, 0.1) is 0 Å². The molecule has 1 aromatic carbocycles. The van der Waals surface area contributed by atoms with Crippen molar-refractivity contribution >= 4 is 22.0 Å². The SMILES string of the molecule is BrC/C=C/CC1C=Cc2[c]cccc21. The van der Waals surface area contributed by atoms with Crippen LogP contribution in [0, 0.1) is 6.07 Å². The minimum Gasteiger partial charge on any atom is -0.0883 e. The van der Waals surface area contributed by atoms with E-state index in [-0.39, 0.29) is 0 Å². The van der Waals surface area contributed by atoms with Gasteiger partial charge < -0.3 is 0 Å². The zero-order valence-corrected chi connectivity index (χ0v) is 9.50. The second kappa shape index (κ2) is 4.61. The fraction of sp³-hybridized carbons (Fsp3) is 0.231. The molecular weight excluding hydrogens is 236 g/mol. The first-order valence-corrected chi connectivity index (χ1v) is 5.93. The zero-order chi connectivity index (χ0) is 9.80. The van der Waals surface area contributed by atoms with E-state index in [4.69, 9.17) is 0 Å². The van der Waals surface area contributed by atoms with Gasteiger partial charge in [0.2, 0.25) is 0 Å². The average Bonchev–Trinajstić information content (AvgIpc) is 2.63. The Morgan fingerprint density at radius 2 is 2.36 bits per heavy atom. The average molecular weight is 248 g/mol. The Bertz CT molecular complexity index is 363. The first-order chi connectivity index (χ1) is 6.92. The van der Waals surface area contributed by atoms with E-state index in [1.165, 1.54) is 11.1 Å². The van der Waals surface area contributed by atoms with Gasteiger partial charge in [-0.2, -0.15) is 0 Å². The smallest absolute Gasteiger partial charge is 0.0212 e. The molecule has 1 aromatic rings. The van der Waals surface area contributed by atoms with Gasteiger partial charge in [-0.1, -0.05) is 58.4 Å². The minimum absolute atomic E-state index is 0.553. The maximum atomic E-state index is 3.38. The highest BCUT2D eigenvalue weighted by atomic mass is 79.9. The predicted molar refractivity (Wildman–Crippen MR) is 64.6 cm³/mol. The molecule has 1 aliphatic carbocycles. The summed E-state index contributed by atoms with van der Waals surface area (Å²) >= 11 is 3.38. The van der Waals surface area contributed by atoms with Crippen molar-refractivity contribution in [3.05, 3.63) is 53.6 Å². The molecule has 1 heteroatoms. The highest BCUT2D eigenvalue weighted by Crippen LogP contribution is 2.31. The zero-order valence-electron chi connectivity index (χ0n) is 7.91. The lowest BCUT2D eigenvalue weighted by atomic mass is 9.98. The summed E-state index contributed by atoms with van der Waals surface area (Å²) in [4.78, 5) is 0. The number of benzene rings is 1. The molecule has 0 nitrogen and oxygen atoms in total. The number of rotatable bonds is 3. The van der Waals surface area contributed by atoms with Gasteiger partial charge in [-0.15, -0.1) is 0 Å². The van der Waals surface area contributed by atoms with Crippen LogP contribution >= 0.6 is 15.9 Å². The number of alkyl halides is 1. The summed E-state index contributed by atoms with van der Waals surface area (Å²) in [6, 6.07) is 9.48. The lowest BCUT2D eigenvalue weighted by Crippen LogP contribution is -1.90. The number of allylic oxidation sites excluding steroid dienone is 3. The van der Waals surface area contributed by atoms with E-state index in [2.05, 4.69) is 58.4 Å². The van der Waals surface area contributed by atoms with Crippen molar-refractivity contribution < 1.29 is 0 Å². The molecular formula is C13H12Br. The van der Waals surface area contributed by atoms with Crippen molar-refractivity contribution in [2.45, 2.75) is 12.3 Å². The van der Waals surface area contributed by atoms with Crippen molar-refractivity contribution in [2.24, 2.45) is 0 Å². The summed E-state index contributed by atoms with van der Waals surface area (Å²) in [5.74, 6) is 0.553. The third kappa shape index (κ3) is 1.98. The summed E-state index contributed by atoms with van der Waals surface area (Å²) < 4.78 is 0. The Kier molecular flexibility index (Phi) is 3.20. The maximum absolute atomic E-state index is 3.38. The fourth-order valence-electron chi connectivity index (χ4n) is 1.76. The molecule has 0 saturated heterocycles. The van der Waals surface area contributed by atoms with Crippen molar-refractivity contribution in [3.63, 3.8) is 0 Å². The summed E-state index contributed by atoms with van der Waals surface area (Å²) in [7, 11) is 0. The molecule has 1 atom stereocenters. The van der Waals surface area contributed by atoms with Crippen LogP contribution in [0.3, 0.4) is 0 Å². The molecule has 0 aromatic heterocycles. The van der Waals surface area contributed by atoms with Gasteiger partial charge in [-0.3, -0.25) is 0 Å². The lowest BCUT2D eigenvalue weighted by Gasteiger charge is -2.06. The van der Waals surface area contributed by atoms with Crippen LogP contribution in [0.25, 0.3) is 6.08 Å². The lowest BCUT2D eigenvalue weighted by molar-refractivity contribution is 0.878. The molecule has 71 valence electrons. The molecule has 0 fully saturated rings. The van der Waals surface area contributed by atoms with E-state index >= 15 is 0 Å². The van der Waals surface area contributed by atoms with Gasteiger partial charge in [0.15, 0.2) is 0 Å². The molecule has 2 rings (SSSR count). The van der Waals surface area contributed by atoms with E-state index in [1.807, 2.05) is 6.07 Å². The third-order valence-electron chi connectivity index (χ3n) is 2.46. The predicted octanol–water partition coefficient (Wildman–Crippen LogP) is 3.94. The number of hydrogen-bond acceptors (Lipinski definition) is 0. The molecule has 14 heavy (non-hydrogen) atoms. The van der Waals surface area contributed by atoms with Crippen molar-refractivity contribution in [2.75, 3.05) is 5.33 Å². The minimum atomic E-state index is 0.553. The Balaban J connectivity index is 2.11. The summed E-state index contributed by atoms with van der Waals surface area (Å²) in [6.45, 7) is 0. The van der Waals surface area contributed by atoms with Crippen LogP contribution in [0.2, 0.25) is 0 Å². The Morgan fingerprint density at radius 1 is 1.43 bits per heavy atom. The molecule has 0 bridgehead atoms. The highest BCUT2D eigenvalue weighted by Gasteiger charge is 2.14. The van der Waals surface area contributed by atoms with Crippen LogP contribution in [-0.2, 0) is 0 Å². The van der Waals surface area contributed by atoms with Crippen molar-refractivity contribution in [1.82, 2.24) is 0 Å². The molecule has 1 radical (unpaired) electrons. The monoisotopic (exact) mass is 247 g/mol. The molecule has 0 amide bonds. The molecule has 0 heterocycles. The fourth-order valence-corrected chi connectivity index (χ4v) is 2.02. The van der Waals surface area contributed by atoms with Gasteiger partial charge in [0, 0.05) is 11.2 Å². The molecule has 1 unspecified atom stereocenters. The van der Waals surface area contributed by atoms with E-state index in [1.54, 1.807) is 0 Å².